The van der Waals surface area contributed by atoms with Crippen molar-refractivity contribution in [3.8, 4) is 0 Å². The van der Waals surface area contributed by atoms with Gasteiger partial charge in [0.1, 0.15) is 54.9 Å². The number of fused-ring (bicyclic) bond motifs is 5. The van der Waals surface area contributed by atoms with Gasteiger partial charge in [0, 0.05) is 23.7 Å². The molecule has 25 atom stereocenters. The zero-order chi connectivity index (χ0) is 49.5. The maximum atomic E-state index is 12.6. The van der Waals surface area contributed by atoms with E-state index in [9.17, 15) is 66.4 Å². The lowest BCUT2D eigenvalue weighted by atomic mass is 9.38. The van der Waals surface area contributed by atoms with Gasteiger partial charge in [-0.2, -0.15) is 0 Å². The lowest BCUT2D eigenvalue weighted by Gasteiger charge is -2.67. The Kier molecular flexibility index (Phi) is 15.9. The first-order chi connectivity index (χ1) is 31.2. The van der Waals surface area contributed by atoms with E-state index in [1.54, 1.807) is 0 Å². The van der Waals surface area contributed by atoms with Crippen LogP contribution in [0.2, 0.25) is 0 Å². The minimum absolute atomic E-state index is 0.0147. The van der Waals surface area contributed by atoms with E-state index in [0.29, 0.717) is 25.7 Å². The van der Waals surface area contributed by atoms with Gasteiger partial charge in [0.05, 0.1) is 62.0 Å². The summed E-state index contributed by atoms with van der Waals surface area (Å²) >= 11 is 0. The third-order valence-corrected chi connectivity index (χ3v) is 18.7. The summed E-state index contributed by atoms with van der Waals surface area (Å²) in [5, 5.41) is 140. The van der Waals surface area contributed by atoms with Crippen molar-refractivity contribution < 1.29 is 94.8 Å². The largest absolute Gasteiger partial charge is 0.394 e. The fraction of sp³-hybridized carbons (Fsp3) is 0.958. The van der Waals surface area contributed by atoms with Crippen LogP contribution in [0, 0.1) is 45.3 Å². The summed E-state index contributed by atoms with van der Waals surface area (Å²) in [6.45, 7) is 14.5. The summed E-state index contributed by atoms with van der Waals surface area (Å²) in [6.07, 6.45) is -17.0. The molecule has 0 aromatic carbocycles. The number of ether oxygens (including phenoxy) is 6. The number of rotatable bonds is 14. The number of hydrogen-bond acceptors (Lipinski definition) is 19. The Balaban J connectivity index is 1.04. The second-order valence-electron chi connectivity index (χ2n) is 23.1. The highest BCUT2D eigenvalue weighted by atomic mass is 16.7. The Hall–Kier alpha value is -1.02. The van der Waals surface area contributed by atoms with Crippen LogP contribution in [0.5, 0.6) is 0 Å². The van der Waals surface area contributed by atoms with Crippen LogP contribution in [0.25, 0.3) is 0 Å². The molecule has 19 heteroatoms. The van der Waals surface area contributed by atoms with E-state index in [1.165, 1.54) is 13.8 Å². The summed E-state index contributed by atoms with van der Waals surface area (Å²) in [4.78, 5) is 0. The Morgan fingerprint density at radius 3 is 2.00 bits per heavy atom. The van der Waals surface area contributed by atoms with E-state index in [0.717, 1.165) is 18.4 Å². The van der Waals surface area contributed by atoms with Crippen molar-refractivity contribution in [2.45, 2.75) is 223 Å². The molecule has 67 heavy (non-hydrogen) atoms. The van der Waals surface area contributed by atoms with Gasteiger partial charge in [0.25, 0.3) is 0 Å². The molecule has 13 N–H and O–H groups in total. The number of aliphatic hydroxyl groups excluding tert-OH is 12. The van der Waals surface area contributed by atoms with E-state index < -0.39 is 152 Å². The first kappa shape index (κ1) is 53.8. The van der Waals surface area contributed by atoms with Crippen molar-refractivity contribution in [2.24, 2.45) is 45.3 Å². The average Bonchev–Trinajstić information content (AvgIpc) is 3.53. The summed E-state index contributed by atoms with van der Waals surface area (Å²) in [7, 11) is 0. The van der Waals surface area contributed by atoms with Crippen molar-refractivity contribution in [2.75, 3.05) is 19.8 Å². The summed E-state index contributed by atoms with van der Waals surface area (Å²) in [5.74, 6) is -0.289. The molecular weight excluding hydrogens is 881 g/mol. The van der Waals surface area contributed by atoms with E-state index in [1.807, 2.05) is 6.92 Å². The van der Waals surface area contributed by atoms with Gasteiger partial charge in [-0.15, -0.1) is 0 Å². The molecule has 7 rings (SSSR count). The highest BCUT2D eigenvalue weighted by Crippen LogP contribution is 2.75. The number of allylic oxidation sites excluding steroid dienone is 1. The highest BCUT2D eigenvalue weighted by molar-refractivity contribution is 5.32. The number of aliphatic hydroxyl groups is 13. The van der Waals surface area contributed by atoms with E-state index in [-0.39, 0.29) is 41.9 Å². The smallest absolute Gasteiger partial charge is 0.187 e. The van der Waals surface area contributed by atoms with Crippen molar-refractivity contribution in [3.05, 3.63) is 11.6 Å². The quantitative estimate of drug-likeness (QED) is 0.0924. The van der Waals surface area contributed by atoms with Crippen LogP contribution in [0.4, 0.5) is 0 Å². The van der Waals surface area contributed by atoms with Crippen LogP contribution in [0.3, 0.4) is 0 Å². The van der Waals surface area contributed by atoms with Crippen LogP contribution in [0.1, 0.15) is 107 Å². The molecule has 0 radical (unpaired) electrons. The Morgan fingerprint density at radius 2 is 1.37 bits per heavy atom. The van der Waals surface area contributed by atoms with Crippen molar-refractivity contribution in [1.82, 2.24) is 0 Å². The molecule has 19 nitrogen and oxygen atoms in total. The minimum Gasteiger partial charge on any atom is -0.394 e. The van der Waals surface area contributed by atoms with Gasteiger partial charge in [-0.05, 0) is 86.9 Å². The second kappa shape index (κ2) is 19.8. The SMILES string of the molecule is C[C@H](C(O)C[C@@H](O[C@@H]1O[C@H](CO[C@@H]2O[C@H](CO)C[C@H](O)[C@H]2O)[C@@H](O)[C@H](O)[C@H]1O)C(C)(C)O)[C@H]1CC[C@@]2(C)[C@@H]3CC=C4[C@@H](CC[C@H](O[C@@H]5O[C@H](CO)[C@@H](O)[C@H](O)[C@H]5O)C4(C)C)[C@]3(C)[C@@H](O)C[C@]12C. The monoisotopic (exact) mass is 963 g/mol. The van der Waals surface area contributed by atoms with Crippen LogP contribution in [0.15, 0.2) is 11.6 Å². The van der Waals surface area contributed by atoms with Gasteiger partial charge in [0.2, 0.25) is 0 Å². The maximum absolute atomic E-state index is 12.6. The van der Waals surface area contributed by atoms with Gasteiger partial charge in [-0.1, -0.05) is 53.2 Å². The zero-order valence-corrected chi connectivity index (χ0v) is 40.3. The maximum Gasteiger partial charge on any atom is 0.187 e. The topological polar surface area (TPSA) is 318 Å². The molecule has 1 unspecified atom stereocenters. The first-order valence-electron chi connectivity index (χ1n) is 24.5. The molecule has 3 aliphatic heterocycles. The third kappa shape index (κ3) is 9.36. The van der Waals surface area contributed by atoms with Gasteiger partial charge in [0.15, 0.2) is 18.9 Å². The molecule has 0 aromatic heterocycles. The third-order valence-electron chi connectivity index (χ3n) is 18.7. The molecule has 3 saturated heterocycles. The fourth-order valence-electron chi connectivity index (χ4n) is 14.1. The summed E-state index contributed by atoms with van der Waals surface area (Å²) in [6, 6.07) is 0. The van der Waals surface area contributed by atoms with E-state index >= 15 is 0 Å². The Morgan fingerprint density at radius 1 is 0.746 bits per heavy atom. The standard InChI is InChI=1S/C48H82O19/c1-21(26(51)16-33(45(4,5)61)67-43-40(60)38(58)36(56)29(65-43)20-62-41-34(54)27(52)15-22(18-49)63-41)23-13-14-46(6)30-11-9-24-25(48(30,8)31(53)17-47(23,46)7)10-12-32(44(24,2)3)66-42-39(59)37(57)35(55)28(19-50)64-42/h9,21-23,25-43,49-61H,10-20H2,1-8H3/t21-,22-,23+,25+,26?,27-,28+,29+,30-,31-,32-,33+,34+,35+,36+,37-,38-,39+,40+,41+,42-,43-,46-,47+,48-/m0/s1. The molecule has 3 heterocycles. The molecule has 0 bridgehead atoms. The van der Waals surface area contributed by atoms with Crippen molar-refractivity contribution >= 4 is 0 Å². The Bertz CT molecular complexity index is 1710. The predicted molar refractivity (Wildman–Crippen MR) is 235 cm³/mol. The molecule has 6 fully saturated rings. The average molecular weight is 963 g/mol. The summed E-state index contributed by atoms with van der Waals surface area (Å²) < 4.78 is 35.4. The second-order valence-corrected chi connectivity index (χ2v) is 23.1. The molecule has 3 saturated carbocycles. The van der Waals surface area contributed by atoms with Gasteiger partial charge >= 0.3 is 0 Å². The Labute approximate surface area is 393 Å². The lowest BCUT2D eigenvalue weighted by molar-refractivity contribution is -0.337. The predicted octanol–water partition coefficient (Wildman–Crippen LogP) is -1.06. The van der Waals surface area contributed by atoms with Gasteiger partial charge in [-0.25, -0.2) is 0 Å². The molecule has 0 spiro atoms. The van der Waals surface area contributed by atoms with E-state index in [4.69, 9.17) is 28.4 Å². The molecular formula is C48H82O19. The van der Waals surface area contributed by atoms with Crippen molar-refractivity contribution in [1.29, 1.82) is 0 Å². The first-order valence-corrected chi connectivity index (χ1v) is 24.5. The number of hydrogen-bond donors (Lipinski definition) is 13. The summed E-state index contributed by atoms with van der Waals surface area (Å²) in [5.41, 5.74) is -2.15. The molecule has 0 amide bonds. The fourth-order valence-corrected chi connectivity index (χ4v) is 14.1. The van der Waals surface area contributed by atoms with Crippen LogP contribution in [-0.2, 0) is 28.4 Å². The minimum atomic E-state index is -1.78. The van der Waals surface area contributed by atoms with Crippen LogP contribution >= 0.6 is 0 Å². The van der Waals surface area contributed by atoms with Crippen molar-refractivity contribution in [3.63, 3.8) is 0 Å². The van der Waals surface area contributed by atoms with Gasteiger partial charge in [-0.3, -0.25) is 0 Å². The molecule has 0 aromatic rings. The lowest BCUT2D eigenvalue weighted by Crippen LogP contribution is -2.65. The normalized spacial score (nSPS) is 50.3. The molecule has 4 aliphatic carbocycles. The zero-order valence-electron chi connectivity index (χ0n) is 40.3. The van der Waals surface area contributed by atoms with Crippen LogP contribution < -0.4 is 0 Å². The molecule has 388 valence electrons. The van der Waals surface area contributed by atoms with Gasteiger partial charge < -0.3 is 94.8 Å². The highest BCUT2D eigenvalue weighted by Gasteiger charge is 2.70. The molecule has 7 aliphatic rings. The van der Waals surface area contributed by atoms with E-state index in [2.05, 4.69) is 40.7 Å². The van der Waals surface area contributed by atoms with Crippen LogP contribution in [-0.4, -0.2) is 202 Å².